The normalized spacial score (nSPS) is 28.0. The molecule has 0 spiro atoms. The van der Waals surface area contributed by atoms with E-state index in [2.05, 4.69) is 65.6 Å². The van der Waals surface area contributed by atoms with Gasteiger partial charge < -0.3 is 9.47 Å². The molecule has 1 aromatic heterocycles. The van der Waals surface area contributed by atoms with Crippen LogP contribution in [0.3, 0.4) is 0 Å². The van der Waals surface area contributed by atoms with Crippen LogP contribution < -0.4 is 0 Å². The van der Waals surface area contributed by atoms with Crippen molar-refractivity contribution in [1.29, 1.82) is 0 Å². The highest BCUT2D eigenvalue weighted by atomic mass is 16.2. The fourth-order valence-electron chi connectivity index (χ4n) is 4.96. The van der Waals surface area contributed by atoms with Gasteiger partial charge in [-0.15, -0.1) is 0 Å². The molecule has 1 amide bonds. The number of fused-ring (bicyclic) bond motifs is 1. The Labute approximate surface area is 149 Å². The smallest absolute Gasteiger partial charge is 0.226 e. The summed E-state index contributed by atoms with van der Waals surface area (Å²) in [5.41, 5.74) is 1.18. The molecule has 132 valence electrons. The molecular weight excluding hydrogens is 310 g/mol. The number of aryl methyl sites for hydroxylation is 1. The molecule has 0 radical (unpaired) electrons. The maximum atomic E-state index is 13.4. The maximum absolute atomic E-state index is 13.4. The summed E-state index contributed by atoms with van der Waals surface area (Å²) >= 11 is 0. The van der Waals surface area contributed by atoms with Gasteiger partial charge in [-0.2, -0.15) is 0 Å². The lowest BCUT2D eigenvalue weighted by atomic mass is 9.82. The minimum atomic E-state index is -0.162. The molecule has 2 aliphatic heterocycles. The summed E-state index contributed by atoms with van der Waals surface area (Å²) in [5.74, 6) is 1.81. The summed E-state index contributed by atoms with van der Waals surface area (Å²) in [6.07, 6.45) is 6.57. The third-order valence-corrected chi connectivity index (χ3v) is 6.23. The number of carbonyl (C=O) groups is 1. The van der Waals surface area contributed by atoms with E-state index in [1.54, 1.807) is 0 Å². The highest BCUT2D eigenvalue weighted by Crippen LogP contribution is 2.46. The van der Waals surface area contributed by atoms with Gasteiger partial charge in [0, 0.05) is 48.8 Å². The van der Waals surface area contributed by atoms with E-state index in [4.69, 9.17) is 0 Å². The second kappa shape index (κ2) is 6.01. The van der Waals surface area contributed by atoms with Crippen LogP contribution in [0.5, 0.6) is 0 Å². The Bertz CT molecular complexity index is 764. The fourth-order valence-corrected chi connectivity index (χ4v) is 4.96. The topological polar surface area (TPSA) is 38.1 Å². The van der Waals surface area contributed by atoms with Gasteiger partial charge in [0.25, 0.3) is 0 Å². The van der Waals surface area contributed by atoms with E-state index in [-0.39, 0.29) is 17.5 Å². The van der Waals surface area contributed by atoms with Crippen molar-refractivity contribution in [3.05, 3.63) is 54.1 Å². The second-order valence-corrected chi connectivity index (χ2v) is 8.14. The molecule has 0 aliphatic carbocycles. The third-order valence-electron chi connectivity index (χ3n) is 6.23. The van der Waals surface area contributed by atoms with Crippen molar-refractivity contribution in [2.75, 3.05) is 0 Å². The minimum Gasteiger partial charge on any atom is -0.335 e. The van der Waals surface area contributed by atoms with Gasteiger partial charge in [0.2, 0.25) is 5.91 Å². The number of amides is 1. The number of nitrogens with zero attached hydrogens (tertiary/aromatic N) is 3. The predicted molar refractivity (Wildman–Crippen MR) is 98.2 cm³/mol. The molecule has 1 fully saturated rings. The van der Waals surface area contributed by atoms with Gasteiger partial charge in [0.15, 0.2) is 0 Å². The highest BCUT2D eigenvalue weighted by Gasteiger charge is 2.49. The predicted octanol–water partition coefficient (Wildman–Crippen LogP) is 3.63. The first-order valence-electron chi connectivity index (χ1n) is 9.36. The second-order valence-electron chi connectivity index (χ2n) is 8.14. The fraction of sp³-hybridized carbons (Fsp3) is 0.524. The van der Waals surface area contributed by atoms with E-state index in [0.29, 0.717) is 11.8 Å². The Balaban J connectivity index is 1.58. The largest absolute Gasteiger partial charge is 0.335 e. The Morgan fingerprint density at radius 3 is 2.76 bits per heavy atom. The number of carbonyl (C=O) groups excluding carboxylic acids is 1. The molecule has 3 heterocycles. The number of hydrogen-bond donors (Lipinski definition) is 0. The van der Waals surface area contributed by atoms with Crippen molar-refractivity contribution in [1.82, 2.24) is 14.5 Å². The van der Waals surface area contributed by atoms with Crippen molar-refractivity contribution >= 4 is 5.91 Å². The maximum Gasteiger partial charge on any atom is 0.226 e. The number of hydrogen-bond acceptors (Lipinski definition) is 2. The van der Waals surface area contributed by atoms with Gasteiger partial charge in [-0.3, -0.25) is 4.79 Å². The quantitative estimate of drug-likeness (QED) is 0.839. The van der Waals surface area contributed by atoms with Crippen LogP contribution in [0, 0.1) is 5.92 Å². The summed E-state index contributed by atoms with van der Waals surface area (Å²) < 4.78 is 2.18. The van der Waals surface area contributed by atoms with Crippen LogP contribution in [0.4, 0.5) is 0 Å². The lowest BCUT2D eigenvalue weighted by Crippen LogP contribution is -2.51. The zero-order chi connectivity index (χ0) is 17.6. The number of imidazole rings is 1. The van der Waals surface area contributed by atoms with Crippen LogP contribution in [0.25, 0.3) is 0 Å². The van der Waals surface area contributed by atoms with E-state index in [1.165, 1.54) is 5.56 Å². The summed E-state index contributed by atoms with van der Waals surface area (Å²) in [6.45, 7) is 7.56. The molecule has 4 nitrogen and oxygen atoms in total. The van der Waals surface area contributed by atoms with E-state index < -0.39 is 0 Å². The minimum absolute atomic E-state index is 0.0612. The first-order chi connectivity index (χ1) is 12.0. The van der Waals surface area contributed by atoms with Crippen LogP contribution in [-0.2, 0) is 17.8 Å². The molecule has 3 atom stereocenters. The molecule has 4 heteroatoms. The molecule has 0 saturated carbocycles. The number of rotatable bonds is 2. The summed E-state index contributed by atoms with van der Waals surface area (Å²) in [4.78, 5) is 20.0. The molecule has 1 saturated heterocycles. The summed E-state index contributed by atoms with van der Waals surface area (Å²) in [7, 11) is 0. The standard InChI is InChI=1S/C21H27N3O/c1-15-13-18(16-7-5-4-6-8-16)21(2,3)24(15)20(25)17-9-11-23-12-10-22-19(23)14-17/h4-8,10,12,15,17-18H,9,11,13-14H2,1-3H3/t15-,17?,18-/m1/s1. The average Bonchev–Trinajstić information content (AvgIpc) is 3.16. The van der Waals surface area contributed by atoms with E-state index >= 15 is 0 Å². The van der Waals surface area contributed by atoms with Crippen molar-refractivity contribution < 1.29 is 4.79 Å². The molecule has 2 aliphatic rings. The van der Waals surface area contributed by atoms with E-state index in [1.807, 2.05) is 12.4 Å². The van der Waals surface area contributed by atoms with Crippen molar-refractivity contribution in [2.24, 2.45) is 5.92 Å². The Morgan fingerprint density at radius 2 is 2.00 bits per heavy atom. The third kappa shape index (κ3) is 2.68. The van der Waals surface area contributed by atoms with Crippen LogP contribution in [0.1, 0.15) is 50.9 Å². The average molecular weight is 337 g/mol. The zero-order valence-electron chi connectivity index (χ0n) is 15.4. The van der Waals surface area contributed by atoms with Crippen LogP contribution >= 0.6 is 0 Å². The number of likely N-dealkylation sites (tertiary alicyclic amines) is 1. The summed E-state index contributed by atoms with van der Waals surface area (Å²) in [6, 6.07) is 10.9. The van der Waals surface area contributed by atoms with Gasteiger partial charge >= 0.3 is 0 Å². The molecular formula is C21H27N3O. The van der Waals surface area contributed by atoms with Crippen molar-refractivity contribution in [3.8, 4) is 0 Å². The lowest BCUT2D eigenvalue weighted by Gasteiger charge is -2.40. The number of aromatic nitrogens is 2. The molecule has 0 N–H and O–H groups in total. The molecule has 25 heavy (non-hydrogen) atoms. The van der Waals surface area contributed by atoms with Crippen molar-refractivity contribution in [3.63, 3.8) is 0 Å². The van der Waals surface area contributed by atoms with Crippen LogP contribution in [-0.4, -0.2) is 31.9 Å². The molecule has 0 bridgehead atoms. The molecule has 1 aromatic carbocycles. The lowest BCUT2D eigenvalue weighted by molar-refractivity contribution is -0.141. The first-order valence-corrected chi connectivity index (χ1v) is 9.36. The Kier molecular flexibility index (Phi) is 3.94. The monoisotopic (exact) mass is 337 g/mol. The van der Waals surface area contributed by atoms with E-state index in [0.717, 1.165) is 31.6 Å². The zero-order valence-corrected chi connectivity index (χ0v) is 15.4. The Hall–Kier alpha value is -2.10. The highest BCUT2D eigenvalue weighted by molar-refractivity contribution is 5.81. The Morgan fingerprint density at radius 1 is 1.24 bits per heavy atom. The van der Waals surface area contributed by atoms with E-state index in [9.17, 15) is 4.79 Å². The van der Waals surface area contributed by atoms with Gasteiger partial charge in [0.1, 0.15) is 5.82 Å². The molecule has 2 aromatic rings. The van der Waals surface area contributed by atoms with Crippen molar-refractivity contribution in [2.45, 2.75) is 64.1 Å². The van der Waals surface area contributed by atoms with Gasteiger partial charge in [0.05, 0.1) is 0 Å². The van der Waals surface area contributed by atoms with Gasteiger partial charge in [-0.1, -0.05) is 30.3 Å². The van der Waals surface area contributed by atoms with Crippen LogP contribution in [0.2, 0.25) is 0 Å². The van der Waals surface area contributed by atoms with Crippen LogP contribution in [0.15, 0.2) is 42.7 Å². The molecule has 1 unspecified atom stereocenters. The first kappa shape index (κ1) is 16.4. The molecule has 4 rings (SSSR count). The van der Waals surface area contributed by atoms with Gasteiger partial charge in [-0.25, -0.2) is 4.98 Å². The summed E-state index contributed by atoms with van der Waals surface area (Å²) in [5, 5.41) is 0. The number of benzene rings is 1. The SMILES string of the molecule is C[C@@H]1C[C@H](c2ccccc2)C(C)(C)N1C(=O)C1CCn2ccnc2C1. The van der Waals surface area contributed by atoms with Gasteiger partial charge in [-0.05, 0) is 39.2 Å².